The number of Topliss-reactive ketones (excluding diaryl/α,β-unsaturated/α-hetero) is 1. The molecule has 0 aliphatic rings. The molecule has 0 unspecified atom stereocenters. The van der Waals surface area contributed by atoms with Gasteiger partial charge in [-0.2, -0.15) is 0 Å². The van der Waals surface area contributed by atoms with Gasteiger partial charge in [-0.15, -0.1) is 0 Å². The summed E-state index contributed by atoms with van der Waals surface area (Å²) in [6, 6.07) is 6.62. The van der Waals surface area contributed by atoms with Gasteiger partial charge in [0, 0.05) is 17.8 Å². The average molecular weight is 367 g/mol. The van der Waals surface area contributed by atoms with Crippen LogP contribution in [0.15, 0.2) is 39.8 Å². The number of carbonyl (C=O) groups is 2. The number of nitrogens with zero attached hydrogens (tertiary/aromatic N) is 2. The number of benzene rings is 1. The summed E-state index contributed by atoms with van der Waals surface area (Å²) in [4.78, 5) is 41.4. The lowest BCUT2D eigenvalue weighted by atomic mass is 10.1. The van der Waals surface area contributed by atoms with Crippen molar-refractivity contribution < 1.29 is 14.0 Å². The van der Waals surface area contributed by atoms with Gasteiger partial charge >= 0.3 is 0 Å². The Morgan fingerprint density at radius 2 is 2.04 bits per heavy atom. The second-order valence-electron chi connectivity index (χ2n) is 6.90. The van der Waals surface area contributed by atoms with Crippen molar-refractivity contribution >= 4 is 28.5 Å². The van der Waals surface area contributed by atoms with Crippen molar-refractivity contribution in [1.29, 1.82) is 0 Å². The van der Waals surface area contributed by atoms with E-state index in [0.717, 1.165) is 0 Å². The number of amides is 1. The van der Waals surface area contributed by atoms with E-state index >= 15 is 0 Å². The van der Waals surface area contributed by atoms with E-state index in [1.54, 1.807) is 31.2 Å². The first-order chi connectivity index (χ1) is 12.8. The Bertz CT molecular complexity index is 1090. The Hall–Kier alpha value is -3.22. The molecule has 140 valence electrons. The molecule has 1 amide bonds. The van der Waals surface area contributed by atoms with E-state index in [-0.39, 0.29) is 33.9 Å². The van der Waals surface area contributed by atoms with Crippen LogP contribution in [-0.2, 0) is 6.54 Å². The van der Waals surface area contributed by atoms with Gasteiger partial charge in [0.25, 0.3) is 11.5 Å². The summed E-state index contributed by atoms with van der Waals surface area (Å²) >= 11 is 0. The fourth-order valence-corrected chi connectivity index (χ4v) is 2.94. The topological polar surface area (TPSA) is 94.2 Å². The van der Waals surface area contributed by atoms with Crippen molar-refractivity contribution in [3.63, 3.8) is 0 Å². The number of nitrogens with one attached hydrogen (secondary N) is 1. The zero-order valence-corrected chi connectivity index (χ0v) is 15.7. The fourth-order valence-electron chi connectivity index (χ4n) is 2.94. The van der Waals surface area contributed by atoms with E-state index in [0.29, 0.717) is 23.6 Å². The highest BCUT2D eigenvalue weighted by atomic mass is 16.3. The van der Waals surface area contributed by atoms with Crippen LogP contribution in [0, 0.1) is 12.8 Å². The summed E-state index contributed by atoms with van der Waals surface area (Å²) in [5.41, 5.74) is 0.942. The third-order valence-corrected chi connectivity index (χ3v) is 4.17. The number of hydrogen-bond donors (Lipinski definition) is 1. The van der Waals surface area contributed by atoms with Gasteiger partial charge in [0.1, 0.15) is 17.5 Å². The number of aromatic nitrogens is 2. The first-order valence-corrected chi connectivity index (χ1v) is 8.68. The highest BCUT2D eigenvalue weighted by Crippen LogP contribution is 2.22. The molecule has 0 bridgehead atoms. The van der Waals surface area contributed by atoms with Crippen LogP contribution in [0.3, 0.4) is 0 Å². The molecule has 0 radical (unpaired) electrons. The molecule has 0 atom stereocenters. The van der Waals surface area contributed by atoms with E-state index in [2.05, 4.69) is 10.3 Å². The predicted molar refractivity (Wildman–Crippen MR) is 102 cm³/mol. The second-order valence-corrected chi connectivity index (χ2v) is 6.90. The number of hydrogen-bond acceptors (Lipinski definition) is 5. The van der Waals surface area contributed by atoms with Crippen molar-refractivity contribution in [1.82, 2.24) is 9.55 Å². The van der Waals surface area contributed by atoms with Crippen LogP contribution in [-0.4, -0.2) is 21.2 Å². The van der Waals surface area contributed by atoms with Crippen molar-refractivity contribution in [3.8, 4) is 0 Å². The van der Waals surface area contributed by atoms with Gasteiger partial charge in [0.05, 0.1) is 5.56 Å². The molecule has 0 aliphatic carbocycles. The molecule has 7 nitrogen and oxygen atoms in total. The van der Waals surface area contributed by atoms with Crippen molar-refractivity contribution in [2.45, 2.75) is 34.2 Å². The number of anilines is 1. The van der Waals surface area contributed by atoms with Gasteiger partial charge < -0.3 is 9.73 Å². The maximum atomic E-state index is 12.8. The molecule has 27 heavy (non-hydrogen) atoms. The summed E-state index contributed by atoms with van der Waals surface area (Å²) in [5, 5.41) is 2.90. The Morgan fingerprint density at radius 1 is 1.30 bits per heavy atom. The molecule has 2 heterocycles. The molecular formula is C20H21N3O4. The van der Waals surface area contributed by atoms with E-state index < -0.39 is 5.91 Å². The minimum Gasteiger partial charge on any atom is -0.442 e. The van der Waals surface area contributed by atoms with Crippen molar-refractivity contribution in [2.75, 3.05) is 5.32 Å². The normalized spacial score (nSPS) is 11.1. The van der Waals surface area contributed by atoms with Crippen molar-refractivity contribution in [2.24, 2.45) is 5.92 Å². The van der Waals surface area contributed by atoms with Crippen LogP contribution in [0.1, 0.15) is 47.2 Å². The smallest absolute Gasteiger partial charge is 0.265 e. The molecular weight excluding hydrogens is 346 g/mol. The van der Waals surface area contributed by atoms with E-state index in [1.807, 2.05) is 13.8 Å². The minimum absolute atomic E-state index is 0.100. The Balaban J connectivity index is 2.04. The Kier molecular flexibility index (Phi) is 4.94. The second kappa shape index (κ2) is 7.19. The summed E-state index contributed by atoms with van der Waals surface area (Å²) in [7, 11) is 0. The number of furan rings is 1. The lowest BCUT2D eigenvalue weighted by Gasteiger charge is -2.08. The quantitative estimate of drug-likeness (QED) is 0.698. The van der Waals surface area contributed by atoms with Crippen LogP contribution >= 0.6 is 0 Å². The molecule has 2 aromatic heterocycles. The van der Waals surface area contributed by atoms with Gasteiger partial charge in [0.15, 0.2) is 5.78 Å². The van der Waals surface area contributed by atoms with Gasteiger partial charge in [-0.25, -0.2) is 4.98 Å². The van der Waals surface area contributed by atoms with Gasteiger partial charge in [-0.1, -0.05) is 26.0 Å². The molecule has 0 fully saturated rings. The van der Waals surface area contributed by atoms with Crippen LogP contribution in [0.5, 0.6) is 0 Å². The highest BCUT2D eigenvalue weighted by molar-refractivity contribution is 6.12. The number of fused-ring (bicyclic) bond motifs is 1. The lowest BCUT2D eigenvalue weighted by Crippen LogP contribution is -2.24. The molecule has 3 rings (SSSR count). The third kappa shape index (κ3) is 3.67. The van der Waals surface area contributed by atoms with Gasteiger partial charge in [-0.3, -0.25) is 19.0 Å². The summed E-state index contributed by atoms with van der Waals surface area (Å²) < 4.78 is 7.00. The fraction of sp³-hybridized carbons (Fsp3) is 0.300. The van der Waals surface area contributed by atoms with Crippen molar-refractivity contribution in [3.05, 3.63) is 57.8 Å². The monoisotopic (exact) mass is 367 g/mol. The summed E-state index contributed by atoms with van der Waals surface area (Å²) in [6.45, 7) is 7.56. The maximum Gasteiger partial charge on any atom is 0.265 e. The van der Waals surface area contributed by atoms with E-state index in [1.165, 1.54) is 17.8 Å². The van der Waals surface area contributed by atoms with Crippen LogP contribution in [0.2, 0.25) is 0 Å². The van der Waals surface area contributed by atoms with Crippen LogP contribution in [0.25, 0.3) is 11.1 Å². The summed E-state index contributed by atoms with van der Waals surface area (Å²) in [5.74, 6) is -0.0105. The van der Waals surface area contributed by atoms with Crippen LogP contribution < -0.4 is 10.9 Å². The number of rotatable bonds is 5. The zero-order chi connectivity index (χ0) is 19.7. The van der Waals surface area contributed by atoms with E-state index in [9.17, 15) is 14.4 Å². The SMILES string of the molecule is CC(=O)c1cccc(NC(=O)c2c(C)oc3ncn(CC(C)C)c(=O)c23)c1. The van der Waals surface area contributed by atoms with Crippen LogP contribution in [0.4, 0.5) is 5.69 Å². The molecule has 1 aromatic carbocycles. The highest BCUT2D eigenvalue weighted by Gasteiger charge is 2.23. The molecule has 1 N–H and O–H groups in total. The number of carbonyl (C=O) groups excluding carboxylic acids is 2. The predicted octanol–water partition coefficient (Wildman–Crippen LogP) is 3.41. The zero-order valence-electron chi connectivity index (χ0n) is 15.7. The molecule has 0 saturated carbocycles. The molecule has 7 heteroatoms. The Labute approximate surface area is 156 Å². The number of ketones is 1. The third-order valence-electron chi connectivity index (χ3n) is 4.17. The molecule has 0 saturated heterocycles. The first-order valence-electron chi connectivity index (χ1n) is 8.68. The maximum absolute atomic E-state index is 12.8. The van der Waals surface area contributed by atoms with E-state index in [4.69, 9.17) is 4.42 Å². The molecule has 3 aromatic rings. The van der Waals surface area contributed by atoms with Gasteiger partial charge in [0.2, 0.25) is 5.71 Å². The Morgan fingerprint density at radius 3 is 2.70 bits per heavy atom. The largest absolute Gasteiger partial charge is 0.442 e. The lowest BCUT2D eigenvalue weighted by molar-refractivity contribution is 0.101. The van der Waals surface area contributed by atoms with Gasteiger partial charge in [-0.05, 0) is 31.9 Å². The molecule has 0 spiro atoms. The molecule has 0 aliphatic heterocycles. The standard InChI is InChI=1S/C20H21N3O4/c1-11(2)9-23-10-21-19-17(20(23)26)16(13(4)27-19)18(25)22-15-7-5-6-14(8-15)12(3)24/h5-8,10-11H,9H2,1-4H3,(H,22,25). The number of aryl methyl sites for hydroxylation is 1. The first kappa shape index (κ1) is 18.6. The average Bonchev–Trinajstić information content (AvgIpc) is 2.94. The minimum atomic E-state index is -0.479. The summed E-state index contributed by atoms with van der Waals surface area (Å²) in [6.07, 6.45) is 1.44.